The number of aryl methyl sites for hydroxylation is 3. The van der Waals surface area contributed by atoms with Crippen molar-refractivity contribution in [1.29, 1.82) is 5.26 Å². The zero-order valence-electron chi connectivity index (χ0n) is 71.6. The summed E-state index contributed by atoms with van der Waals surface area (Å²) in [6, 6.07) is 58.0. The molecule has 8 aliphatic heterocycles. The van der Waals surface area contributed by atoms with E-state index in [0.717, 1.165) is 98.2 Å². The van der Waals surface area contributed by atoms with Crippen molar-refractivity contribution < 1.29 is 70.3 Å². The van der Waals surface area contributed by atoms with Crippen LogP contribution >= 0.6 is 0 Å². The number of nitrogens with zero attached hydrogens (tertiary/aromatic N) is 14. The zero-order valence-corrected chi connectivity index (χ0v) is 72.4. The second-order valence-electron chi connectivity index (χ2n) is 32.7. The SMILES string of the molecule is CCOc1cc(C(=O)N2CCC3(CC2)Oc2ccccc2-c2nn(C)cc23)ccc1OC.COC(=O)c1c(OC)cccc1C(=O)N1CCC2(CC1)Oc1ccccc1-n1c(C#N)ccc12.Cn1ncc2c1-c1ccccc1OC21CCN(C(=O)c2cccc(S(C)(=O)=O)c2)CC1.Cn1ncc2c1-c1ccccc1OC21CCN(C(=O)c2cccn3ccnc23)CC1. The van der Waals surface area contributed by atoms with Crippen LogP contribution in [0.15, 0.2) is 224 Å². The molecule has 4 spiro atoms. The van der Waals surface area contributed by atoms with Gasteiger partial charge in [-0.2, -0.15) is 20.6 Å². The van der Waals surface area contributed by atoms with Crippen LogP contribution in [-0.2, 0) is 58.1 Å². The van der Waals surface area contributed by atoms with Gasteiger partial charge < -0.3 is 61.9 Å². The molecule has 0 unspecified atom stereocenters. The minimum Gasteiger partial charge on any atom is -0.496 e. The number of nitriles is 1. The normalized spacial score (nSPS) is 16.4. The summed E-state index contributed by atoms with van der Waals surface area (Å²) in [5.41, 5.74) is 12.4. The van der Waals surface area contributed by atoms with Crippen molar-refractivity contribution >= 4 is 45.1 Å². The number of likely N-dealkylation sites (tertiary alicyclic amines) is 4. The molecule has 14 heterocycles. The molecule has 7 aromatic carbocycles. The number of carbonyl (C=O) groups excluding carboxylic acids is 5. The molecule has 30 heteroatoms. The summed E-state index contributed by atoms with van der Waals surface area (Å²) in [7, 11) is 6.79. The van der Waals surface area contributed by atoms with Crippen molar-refractivity contribution in [2.75, 3.05) is 86.6 Å². The van der Waals surface area contributed by atoms with Gasteiger partial charge in [-0.3, -0.25) is 37.8 Å². The Kier molecular flexibility index (Phi) is 22.0. The average molecular weight is 1730 g/mol. The van der Waals surface area contributed by atoms with Crippen molar-refractivity contribution in [3.8, 4) is 85.8 Å². The maximum absolute atomic E-state index is 13.4. The quantitative estimate of drug-likeness (QED) is 0.115. The summed E-state index contributed by atoms with van der Waals surface area (Å²) < 4.78 is 80.6. The molecule has 4 saturated heterocycles. The fraction of sp³-hybridized carbons (Fsp3) is 0.299. The lowest BCUT2D eigenvalue weighted by Crippen LogP contribution is -2.50. The van der Waals surface area contributed by atoms with Gasteiger partial charge in [-0.05, 0) is 128 Å². The Morgan fingerprint density at radius 1 is 0.496 bits per heavy atom. The van der Waals surface area contributed by atoms with Crippen LogP contribution in [0.2, 0.25) is 0 Å². The van der Waals surface area contributed by atoms with E-state index in [0.29, 0.717) is 149 Å². The van der Waals surface area contributed by atoms with Crippen LogP contribution < -0.4 is 33.2 Å². The first-order valence-electron chi connectivity index (χ1n) is 42.3. The van der Waals surface area contributed by atoms with Crippen molar-refractivity contribution in [3.05, 3.63) is 275 Å². The third kappa shape index (κ3) is 15.0. The number of methoxy groups -OCH3 is 3. The van der Waals surface area contributed by atoms with E-state index in [4.69, 9.17) is 43.0 Å². The molecule has 0 atom stereocenters. The van der Waals surface area contributed by atoms with Gasteiger partial charge in [0.05, 0.1) is 79.1 Å². The molecule has 6 aromatic heterocycles. The fourth-order valence-electron chi connectivity index (χ4n) is 19.1. The first kappa shape index (κ1) is 83.4. The number of hydrogen-bond acceptors (Lipinski definition) is 20. The van der Waals surface area contributed by atoms with Crippen molar-refractivity contribution in [1.82, 2.24) is 62.9 Å². The topological polar surface area (TPSA) is 306 Å². The average Bonchev–Trinajstić information content (AvgIpc) is 1.63. The first-order chi connectivity index (χ1) is 61.5. The lowest BCUT2D eigenvalue weighted by atomic mass is 9.81. The van der Waals surface area contributed by atoms with E-state index >= 15 is 0 Å². The molecule has 648 valence electrons. The second-order valence-corrected chi connectivity index (χ2v) is 34.8. The summed E-state index contributed by atoms with van der Waals surface area (Å²) in [5, 5.41) is 23.4. The van der Waals surface area contributed by atoms with Crippen LogP contribution in [0, 0.1) is 11.3 Å². The molecule has 0 N–H and O–H groups in total. The van der Waals surface area contributed by atoms with Crippen molar-refractivity contribution in [2.45, 2.75) is 85.6 Å². The number of fused-ring (bicyclic) bond motifs is 17. The molecule has 13 aromatic rings. The predicted octanol–water partition coefficient (Wildman–Crippen LogP) is 14.0. The van der Waals surface area contributed by atoms with Gasteiger partial charge in [0.15, 0.2) is 26.9 Å². The molecular formula is C97H94N14O15S. The molecular weight excluding hydrogens is 1630 g/mol. The number of para-hydroxylation sites is 5. The molecule has 0 radical (unpaired) electrons. The van der Waals surface area contributed by atoms with E-state index in [-0.39, 0.29) is 39.7 Å². The Bertz CT molecular complexity index is 6640. The molecule has 0 bridgehead atoms. The van der Waals surface area contributed by atoms with E-state index in [1.807, 2.05) is 195 Å². The van der Waals surface area contributed by atoms with E-state index in [9.17, 15) is 37.7 Å². The number of aromatic nitrogens is 9. The number of esters is 1. The molecule has 4 fully saturated rings. The number of carbonyl (C=O) groups is 5. The van der Waals surface area contributed by atoms with E-state index in [1.165, 1.54) is 26.4 Å². The lowest BCUT2D eigenvalue weighted by molar-refractivity contribution is -0.00955. The van der Waals surface area contributed by atoms with Gasteiger partial charge in [0, 0.05) is 200 Å². The van der Waals surface area contributed by atoms with Gasteiger partial charge in [0.2, 0.25) is 0 Å². The van der Waals surface area contributed by atoms with E-state index < -0.39 is 38.2 Å². The Morgan fingerprint density at radius 2 is 0.992 bits per heavy atom. The van der Waals surface area contributed by atoms with E-state index in [2.05, 4.69) is 33.5 Å². The monoisotopic (exact) mass is 1730 g/mol. The molecule has 4 amide bonds. The molecule has 0 saturated carbocycles. The van der Waals surface area contributed by atoms with Crippen LogP contribution in [0.4, 0.5) is 0 Å². The Hall–Kier alpha value is -14.5. The predicted molar refractivity (Wildman–Crippen MR) is 469 cm³/mol. The van der Waals surface area contributed by atoms with Gasteiger partial charge in [-0.25, -0.2) is 18.2 Å². The summed E-state index contributed by atoms with van der Waals surface area (Å²) >= 11 is 0. The van der Waals surface area contributed by atoms with Gasteiger partial charge in [-0.1, -0.05) is 60.7 Å². The summed E-state index contributed by atoms with van der Waals surface area (Å²) in [4.78, 5) is 77.2. The number of rotatable bonds is 10. The van der Waals surface area contributed by atoms with Gasteiger partial charge in [0.25, 0.3) is 23.6 Å². The highest BCUT2D eigenvalue weighted by Crippen LogP contribution is 2.54. The highest BCUT2D eigenvalue weighted by Gasteiger charge is 2.51. The van der Waals surface area contributed by atoms with Crippen molar-refractivity contribution in [2.24, 2.45) is 21.1 Å². The van der Waals surface area contributed by atoms with Crippen LogP contribution in [0.1, 0.15) is 138 Å². The van der Waals surface area contributed by atoms with Gasteiger partial charge >= 0.3 is 5.97 Å². The zero-order chi connectivity index (χ0) is 88.3. The smallest absolute Gasteiger partial charge is 0.342 e. The Labute approximate surface area is 733 Å². The number of imidazole rings is 1. The second kappa shape index (κ2) is 33.5. The standard InChI is InChI=1S/C26H23N3O5.C25H27N3O4.C23H21N5O2.C23H23N3O4S/c1-32-21-9-5-6-18(23(21)25(31)33-2)24(30)28-14-12-26(13-15-28)22-11-10-17(16-27)29(22)19-7-3-4-8-20(19)34-26;1-4-31-22-15-17(9-10-21(22)30-3)24(29)28-13-11-25(12-14-28)19-16-27(2)26-23(19)18-7-5-6-8-20(18)32-25;1-26-20-16-5-2-3-7-19(16)30-23(18(20)15-25-26)8-12-28(13-9-23)22(29)17-6-4-11-27-14-10-24-21(17)27;1-25-21-18-8-3-4-9-20(18)30-23(19(21)15-24-25)10-12-26(13-11-23)22(27)16-6-5-7-17(14-16)31(2,28)29/h3-11H,12-15H2,1-2H3;5-10,15-16H,4,11-14H2,1-3H3;2-7,10-11,14-15H,8-9,12-13H2,1H3;3-9,14-15H,10-13H2,1-2H3. The highest BCUT2D eigenvalue weighted by atomic mass is 32.2. The maximum Gasteiger partial charge on any atom is 0.342 e. The molecule has 8 aliphatic rings. The highest BCUT2D eigenvalue weighted by molar-refractivity contribution is 7.90. The molecule has 0 aliphatic carbocycles. The van der Waals surface area contributed by atoms with Gasteiger partial charge in [0.1, 0.15) is 74.2 Å². The summed E-state index contributed by atoms with van der Waals surface area (Å²) in [6.45, 7) is 6.74. The lowest BCUT2D eigenvalue weighted by Gasteiger charge is -2.45. The van der Waals surface area contributed by atoms with Crippen molar-refractivity contribution in [3.63, 3.8) is 0 Å². The maximum atomic E-state index is 13.4. The minimum absolute atomic E-state index is 0.00826. The first-order valence-corrected chi connectivity index (χ1v) is 44.2. The molecule has 21 rings (SSSR count). The number of piperidine rings is 4. The van der Waals surface area contributed by atoms with Gasteiger partial charge in [-0.15, -0.1) is 0 Å². The number of ether oxygens (including phenoxy) is 8. The number of pyridine rings is 1. The van der Waals surface area contributed by atoms with Crippen LogP contribution in [-0.4, -0.2) is 187 Å². The largest absolute Gasteiger partial charge is 0.496 e. The number of hydrogen-bond donors (Lipinski definition) is 0. The minimum atomic E-state index is -3.37. The molecule has 127 heavy (non-hydrogen) atoms. The summed E-state index contributed by atoms with van der Waals surface area (Å²) in [6.07, 6.45) is 17.7. The van der Waals surface area contributed by atoms with Crippen LogP contribution in [0.25, 0.3) is 45.1 Å². The number of sulfone groups is 1. The fourth-order valence-corrected chi connectivity index (χ4v) is 19.8. The Morgan fingerprint density at radius 3 is 1.55 bits per heavy atom. The Balaban J connectivity index is 0.000000115. The van der Waals surface area contributed by atoms with Crippen LogP contribution in [0.5, 0.6) is 40.2 Å². The van der Waals surface area contributed by atoms with Crippen LogP contribution in [0.3, 0.4) is 0 Å². The third-order valence-corrected chi connectivity index (χ3v) is 26.7. The number of benzene rings is 7. The van der Waals surface area contributed by atoms with E-state index in [1.54, 1.807) is 77.7 Å². The summed E-state index contributed by atoms with van der Waals surface area (Å²) in [5.74, 6) is 3.74. The number of amides is 4. The third-order valence-electron chi connectivity index (χ3n) is 25.6. The molecule has 29 nitrogen and oxygen atoms in total.